The van der Waals surface area contributed by atoms with Crippen molar-refractivity contribution in [2.75, 3.05) is 19.4 Å². The standard InChI is InChI=1S/C5H9NO2S/c1-8-5(7)4-6-2-3-9-4/h4,6H,2-3H2,1H3/p+1/t4-/m0/s1. The van der Waals surface area contributed by atoms with Gasteiger partial charge in [-0.25, -0.2) is 4.79 Å². The Kier molecular flexibility index (Phi) is 2.36. The summed E-state index contributed by atoms with van der Waals surface area (Å²) in [5.41, 5.74) is 0. The molecule has 0 spiro atoms. The van der Waals surface area contributed by atoms with Crippen molar-refractivity contribution >= 4 is 17.7 Å². The Morgan fingerprint density at radius 2 is 2.67 bits per heavy atom. The lowest BCUT2D eigenvalue weighted by molar-refractivity contribution is -0.647. The smallest absolute Gasteiger partial charge is 0.375 e. The summed E-state index contributed by atoms with van der Waals surface area (Å²) in [6.45, 7) is 1.03. The van der Waals surface area contributed by atoms with Crippen LogP contribution in [0.25, 0.3) is 0 Å². The van der Waals surface area contributed by atoms with E-state index >= 15 is 0 Å². The minimum Gasteiger partial charge on any atom is -0.464 e. The fraction of sp³-hybridized carbons (Fsp3) is 0.800. The molecule has 0 unspecified atom stereocenters. The van der Waals surface area contributed by atoms with E-state index in [1.165, 1.54) is 7.11 Å². The lowest BCUT2D eigenvalue weighted by atomic mass is 10.6. The van der Waals surface area contributed by atoms with Gasteiger partial charge in [0.05, 0.1) is 13.7 Å². The molecule has 0 amide bonds. The van der Waals surface area contributed by atoms with Crippen molar-refractivity contribution in [2.24, 2.45) is 0 Å². The zero-order valence-electron chi connectivity index (χ0n) is 5.29. The number of esters is 1. The van der Waals surface area contributed by atoms with Crippen LogP contribution < -0.4 is 5.32 Å². The van der Waals surface area contributed by atoms with Crippen molar-refractivity contribution in [1.82, 2.24) is 0 Å². The van der Waals surface area contributed by atoms with Gasteiger partial charge in [0.25, 0.3) is 0 Å². The van der Waals surface area contributed by atoms with Gasteiger partial charge in [0.1, 0.15) is 0 Å². The Bertz CT molecular complexity index is 112. The molecule has 0 saturated carbocycles. The van der Waals surface area contributed by atoms with E-state index < -0.39 is 0 Å². The molecule has 2 N–H and O–H groups in total. The first-order valence-corrected chi connectivity index (χ1v) is 3.92. The lowest BCUT2D eigenvalue weighted by Crippen LogP contribution is -2.88. The predicted octanol–water partition coefficient (Wildman–Crippen LogP) is -1.20. The molecule has 1 aliphatic heterocycles. The van der Waals surface area contributed by atoms with E-state index in [1.807, 2.05) is 5.32 Å². The molecule has 1 rings (SSSR count). The number of ether oxygens (including phenoxy) is 1. The maximum absolute atomic E-state index is 10.7. The number of quaternary nitrogens is 1. The molecule has 9 heavy (non-hydrogen) atoms. The van der Waals surface area contributed by atoms with Gasteiger partial charge < -0.3 is 10.1 Å². The Balaban J connectivity index is 2.32. The fourth-order valence-electron chi connectivity index (χ4n) is 0.763. The Hall–Kier alpha value is -0.220. The van der Waals surface area contributed by atoms with Crippen LogP contribution in [0.1, 0.15) is 0 Å². The highest BCUT2D eigenvalue weighted by Crippen LogP contribution is 2.07. The van der Waals surface area contributed by atoms with Crippen LogP contribution in [0, 0.1) is 0 Å². The Morgan fingerprint density at radius 3 is 3.11 bits per heavy atom. The van der Waals surface area contributed by atoms with Crippen molar-refractivity contribution in [2.45, 2.75) is 5.37 Å². The molecule has 4 heteroatoms. The number of thioether (sulfide) groups is 1. The zero-order chi connectivity index (χ0) is 6.69. The van der Waals surface area contributed by atoms with Crippen LogP contribution in [-0.2, 0) is 9.53 Å². The highest BCUT2D eigenvalue weighted by molar-refractivity contribution is 8.00. The number of methoxy groups -OCH3 is 1. The van der Waals surface area contributed by atoms with Gasteiger partial charge in [0, 0.05) is 5.75 Å². The fourth-order valence-corrected chi connectivity index (χ4v) is 1.79. The van der Waals surface area contributed by atoms with Crippen molar-refractivity contribution in [3.05, 3.63) is 0 Å². The van der Waals surface area contributed by atoms with Crippen molar-refractivity contribution in [3.8, 4) is 0 Å². The Labute approximate surface area is 58.1 Å². The van der Waals surface area contributed by atoms with E-state index in [0.29, 0.717) is 0 Å². The summed E-state index contributed by atoms with van der Waals surface area (Å²) in [5, 5.41) is 2.01. The molecule has 1 heterocycles. The second-order valence-corrected chi connectivity index (χ2v) is 3.09. The van der Waals surface area contributed by atoms with Crippen LogP contribution in [0.4, 0.5) is 0 Å². The maximum Gasteiger partial charge on any atom is 0.375 e. The number of rotatable bonds is 1. The molecule has 0 radical (unpaired) electrons. The largest absolute Gasteiger partial charge is 0.464 e. The first kappa shape index (κ1) is 6.89. The second kappa shape index (κ2) is 3.08. The van der Waals surface area contributed by atoms with E-state index in [1.54, 1.807) is 11.8 Å². The minimum atomic E-state index is -0.113. The quantitative estimate of drug-likeness (QED) is 0.475. The maximum atomic E-state index is 10.7. The number of carbonyl (C=O) groups excluding carboxylic acids is 1. The molecular formula is C5H10NO2S+. The molecule has 0 aromatic carbocycles. The van der Waals surface area contributed by atoms with Gasteiger partial charge in [0.15, 0.2) is 0 Å². The summed E-state index contributed by atoms with van der Waals surface area (Å²) in [6, 6.07) is 0. The highest BCUT2D eigenvalue weighted by Gasteiger charge is 2.27. The molecule has 0 aromatic heterocycles. The van der Waals surface area contributed by atoms with Crippen LogP contribution in [0.15, 0.2) is 0 Å². The Morgan fingerprint density at radius 1 is 1.89 bits per heavy atom. The topological polar surface area (TPSA) is 42.9 Å². The average Bonchev–Trinajstić information content (AvgIpc) is 2.37. The third kappa shape index (κ3) is 1.59. The van der Waals surface area contributed by atoms with Gasteiger partial charge in [-0.1, -0.05) is 11.8 Å². The summed E-state index contributed by atoms with van der Waals surface area (Å²) in [4.78, 5) is 10.7. The first-order valence-electron chi connectivity index (χ1n) is 2.87. The molecule has 0 bridgehead atoms. The summed E-state index contributed by atoms with van der Waals surface area (Å²) in [7, 11) is 1.43. The van der Waals surface area contributed by atoms with Crippen molar-refractivity contribution in [1.29, 1.82) is 0 Å². The van der Waals surface area contributed by atoms with E-state index in [2.05, 4.69) is 4.74 Å². The molecule has 1 fully saturated rings. The van der Waals surface area contributed by atoms with E-state index in [-0.39, 0.29) is 11.3 Å². The van der Waals surface area contributed by atoms with Crippen LogP contribution in [0.3, 0.4) is 0 Å². The van der Waals surface area contributed by atoms with E-state index in [0.717, 1.165) is 12.3 Å². The molecular weight excluding hydrogens is 138 g/mol. The van der Waals surface area contributed by atoms with Gasteiger partial charge in [-0.05, 0) is 0 Å². The summed E-state index contributed by atoms with van der Waals surface area (Å²) in [5.74, 6) is 0.942. The number of hydrogen-bond acceptors (Lipinski definition) is 3. The SMILES string of the molecule is COC(=O)[C@H]1[NH2+]CCS1. The van der Waals surface area contributed by atoms with E-state index in [9.17, 15) is 4.79 Å². The number of nitrogens with two attached hydrogens (primary N) is 1. The molecule has 52 valence electrons. The van der Waals surface area contributed by atoms with Gasteiger partial charge in [-0.3, -0.25) is 0 Å². The molecule has 3 nitrogen and oxygen atoms in total. The molecule has 0 aliphatic carbocycles. The number of carbonyl (C=O) groups is 1. The summed E-state index contributed by atoms with van der Waals surface area (Å²) < 4.78 is 4.54. The normalized spacial score (nSPS) is 26.1. The second-order valence-electron chi connectivity index (χ2n) is 1.84. The van der Waals surface area contributed by atoms with Gasteiger partial charge in [0.2, 0.25) is 5.37 Å². The highest BCUT2D eigenvalue weighted by atomic mass is 32.2. The van der Waals surface area contributed by atoms with Crippen LogP contribution in [-0.4, -0.2) is 30.8 Å². The van der Waals surface area contributed by atoms with E-state index in [4.69, 9.17) is 0 Å². The van der Waals surface area contributed by atoms with Crippen LogP contribution in [0.5, 0.6) is 0 Å². The molecule has 1 aliphatic rings. The van der Waals surface area contributed by atoms with Crippen molar-refractivity contribution < 1.29 is 14.8 Å². The monoisotopic (exact) mass is 148 g/mol. The molecule has 0 aromatic rings. The van der Waals surface area contributed by atoms with Gasteiger partial charge >= 0.3 is 5.97 Å². The summed E-state index contributed by atoms with van der Waals surface area (Å²) in [6.07, 6.45) is 0. The third-order valence-electron chi connectivity index (χ3n) is 1.23. The first-order chi connectivity index (χ1) is 4.34. The van der Waals surface area contributed by atoms with Crippen LogP contribution in [0.2, 0.25) is 0 Å². The summed E-state index contributed by atoms with van der Waals surface area (Å²) >= 11 is 1.64. The average molecular weight is 148 g/mol. The molecule has 1 saturated heterocycles. The van der Waals surface area contributed by atoms with Crippen LogP contribution >= 0.6 is 11.8 Å². The van der Waals surface area contributed by atoms with Crippen molar-refractivity contribution in [3.63, 3.8) is 0 Å². The number of hydrogen-bond donors (Lipinski definition) is 1. The zero-order valence-corrected chi connectivity index (χ0v) is 6.11. The predicted molar refractivity (Wildman–Crippen MR) is 35.1 cm³/mol. The third-order valence-corrected chi connectivity index (χ3v) is 2.44. The minimum absolute atomic E-state index is 0.00926. The molecule has 1 atom stereocenters. The van der Waals surface area contributed by atoms with Gasteiger partial charge in [-0.15, -0.1) is 0 Å². The lowest BCUT2D eigenvalue weighted by Gasteiger charge is -2.00. The van der Waals surface area contributed by atoms with Gasteiger partial charge in [-0.2, -0.15) is 0 Å².